The molecule has 3 fully saturated rings. The van der Waals surface area contributed by atoms with E-state index in [0.717, 1.165) is 30.6 Å². The molecule has 1 aliphatic carbocycles. The Morgan fingerprint density at radius 1 is 1.08 bits per heavy atom. The number of hydrogen-bond acceptors (Lipinski definition) is 7. The highest BCUT2D eigenvalue weighted by molar-refractivity contribution is 7.89. The van der Waals surface area contributed by atoms with Crippen LogP contribution in [0.3, 0.4) is 0 Å². The summed E-state index contributed by atoms with van der Waals surface area (Å²) >= 11 is 1.52. The van der Waals surface area contributed by atoms with Crippen LogP contribution in [0.15, 0.2) is 17.5 Å². The number of nitrogens with one attached hydrogen (secondary N) is 2. The second-order valence-electron chi connectivity index (χ2n) is 10.7. The zero-order valence-electron chi connectivity index (χ0n) is 22.4. The van der Waals surface area contributed by atoms with E-state index in [1.807, 2.05) is 17.5 Å². The van der Waals surface area contributed by atoms with Gasteiger partial charge in [-0.15, -0.1) is 11.3 Å². The molecule has 3 aliphatic rings. The molecule has 218 valence electrons. The van der Waals surface area contributed by atoms with E-state index in [2.05, 4.69) is 10.6 Å². The first-order valence-electron chi connectivity index (χ1n) is 14.1. The van der Waals surface area contributed by atoms with Crippen LogP contribution in [-0.4, -0.2) is 102 Å². The maximum absolute atomic E-state index is 14.0. The van der Waals surface area contributed by atoms with Crippen LogP contribution in [0.1, 0.15) is 62.7 Å². The molecule has 11 nitrogen and oxygen atoms in total. The molecule has 3 N–H and O–H groups in total. The van der Waals surface area contributed by atoms with Crippen LogP contribution in [0.2, 0.25) is 0 Å². The molecule has 1 aromatic heterocycles. The van der Waals surface area contributed by atoms with E-state index < -0.39 is 28.2 Å². The van der Waals surface area contributed by atoms with Gasteiger partial charge >= 0.3 is 6.09 Å². The van der Waals surface area contributed by atoms with Crippen LogP contribution in [-0.2, 0) is 26.2 Å². The Labute approximate surface area is 235 Å². The van der Waals surface area contributed by atoms with Gasteiger partial charge in [0, 0.05) is 37.1 Å². The molecule has 39 heavy (non-hydrogen) atoms. The Morgan fingerprint density at radius 3 is 2.54 bits per heavy atom. The summed E-state index contributed by atoms with van der Waals surface area (Å²) in [4.78, 5) is 42.6. The smallest absolute Gasteiger partial charge is 0.407 e. The van der Waals surface area contributed by atoms with Crippen molar-refractivity contribution in [1.29, 1.82) is 0 Å². The topological polar surface area (TPSA) is 139 Å². The standard InChI is InChI=1S/C26H41N5O6S2/c32-24(27-18-21-10-6-16-38-21)23-19-29(26(34)35)14-15-31(23)25(33)22(28-20-8-2-1-3-9-20)11-4-5-12-30-13-7-17-39(30,36)37/h6,10,16,20,22-23,28H,1-5,7-9,11-15,17-19H2,(H,27,32)(H,34,35)/t22-,23+/m1/s1. The molecule has 0 bridgehead atoms. The van der Waals surface area contributed by atoms with E-state index in [1.54, 1.807) is 4.90 Å². The lowest BCUT2D eigenvalue weighted by Crippen LogP contribution is -2.64. The largest absolute Gasteiger partial charge is 0.465 e. The van der Waals surface area contributed by atoms with Crippen molar-refractivity contribution in [2.75, 3.05) is 38.5 Å². The van der Waals surface area contributed by atoms with E-state index in [1.165, 1.54) is 27.0 Å². The number of amides is 3. The molecular formula is C26H41N5O6S2. The van der Waals surface area contributed by atoms with Crippen LogP contribution in [0.25, 0.3) is 0 Å². The molecule has 4 rings (SSSR count). The van der Waals surface area contributed by atoms with Gasteiger partial charge in [0.1, 0.15) is 6.04 Å². The number of unbranched alkanes of at least 4 members (excludes halogenated alkanes) is 1. The minimum Gasteiger partial charge on any atom is -0.465 e. The number of carbonyl (C=O) groups is 3. The van der Waals surface area contributed by atoms with Gasteiger partial charge in [0.15, 0.2) is 0 Å². The number of piperazine rings is 1. The van der Waals surface area contributed by atoms with Gasteiger partial charge in [-0.2, -0.15) is 0 Å². The first kappa shape index (κ1) is 29.8. The number of rotatable bonds is 11. The van der Waals surface area contributed by atoms with Crippen molar-refractivity contribution in [1.82, 2.24) is 24.7 Å². The van der Waals surface area contributed by atoms with Gasteiger partial charge in [0.2, 0.25) is 21.8 Å². The van der Waals surface area contributed by atoms with Gasteiger partial charge in [0.25, 0.3) is 0 Å². The van der Waals surface area contributed by atoms with Gasteiger partial charge in [-0.05, 0) is 43.6 Å². The lowest BCUT2D eigenvalue weighted by atomic mass is 9.94. The summed E-state index contributed by atoms with van der Waals surface area (Å²) in [6, 6.07) is 2.61. The van der Waals surface area contributed by atoms with Crippen molar-refractivity contribution in [3.8, 4) is 0 Å². The minimum absolute atomic E-state index is 0.0691. The molecule has 1 aromatic rings. The van der Waals surface area contributed by atoms with Gasteiger partial charge in [-0.1, -0.05) is 31.7 Å². The van der Waals surface area contributed by atoms with E-state index in [0.29, 0.717) is 45.3 Å². The highest BCUT2D eigenvalue weighted by atomic mass is 32.2. The molecule has 2 aliphatic heterocycles. The molecule has 0 aromatic carbocycles. The van der Waals surface area contributed by atoms with Crippen molar-refractivity contribution >= 4 is 39.3 Å². The molecule has 1 saturated carbocycles. The monoisotopic (exact) mass is 583 g/mol. The maximum atomic E-state index is 14.0. The minimum atomic E-state index is -3.15. The Bertz CT molecular complexity index is 1080. The Balaban J connectivity index is 1.43. The third kappa shape index (κ3) is 8.15. The van der Waals surface area contributed by atoms with Crippen LogP contribution < -0.4 is 10.6 Å². The summed E-state index contributed by atoms with van der Waals surface area (Å²) in [6.45, 7) is 1.57. The molecule has 0 unspecified atom stereocenters. The maximum Gasteiger partial charge on any atom is 0.407 e. The Kier molecular flexibility index (Phi) is 10.6. The number of carboxylic acid groups (broad SMARTS) is 1. The highest BCUT2D eigenvalue weighted by Crippen LogP contribution is 2.22. The third-order valence-corrected chi connectivity index (χ3v) is 10.8. The fraction of sp³-hybridized carbons (Fsp3) is 0.731. The number of carbonyl (C=O) groups excluding carboxylic acids is 2. The van der Waals surface area contributed by atoms with Crippen LogP contribution in [0.5, 0.6) is 0 Å². The molecule has 2 atom stereocenters. The zero-order valence-corrected chi connectivity index (χ0v) is 24.1. The number of thiophene rings is 1. The van der Waals surface area contributed by atoms with Crippen molar-refractivity contribution < 1.29 is 27.9 Å². The SMILES string of the molecule is O=C(NCc1cccs1)[C@@H]1CN(C(=O)O)CCN1C(=O)[C@@H](CCCCN1CCCS1(=O)=O)NC1CCCCC1. The summed E-state index contributed by atoms with van der Waals surface area (Å²) in [5, 5.41) is 17.9. The molecule has 0 radical (unpaired) electrons. The van der Waals surface area contributed by atoms with Gasteiger partial charge in [-0.25, -0.2) is 17.5 Å². The molecule has 3 heterocycles. The van der Waals surface area contributed by atoms with Crippen LogP contribution in [0, 0.1) is 0 Å². The van der Waals surface area contributed by atoms with Crippen molar-refractivity contribution in [3.05, 3.63) is 22.4 Å². The predicted molar refractivity (Wildman–Crippen MR) is 149 cm³/mol. The van der Waals surface area contributed by atoms with Gasteiger partial charge in [0.05, 0.1) is 24.9 Å². The van der Waals surface area contributed by atoms with Crippen LogP contribution in [0.4, 0.5) is 4.79 Å². The van der Waals surface area contributed by atoms with E-state index in [9.17, 15) is 27.9 Å². The number of nitrogens with zero attached hydrogens (tertiary/aromatic N) is 3. The summed E-state index contributed by atoms with van der Waals surface area (Å²) in [6.07, 6.45) is 6.81. The fourth-order valence-electron chi connectivity index (χ4n) is 5.76. The van der Waals surface area contributed by atoms with E-state index >= 15 is 0 Å². The zero-order chi connectivity index (χ0) is 27.8. The number of hydrogen-bond donors (Lipinski definition) is 3. The summed E-state index contributed by atoms with van der Waals surface area (Å²) in [5.41, 5.74) is 0. The molecular weight excluding hydrogens is 542 g/mol. The summed E-state index contributed by atoms with van der Waals surface area (Å²) in [5.74, 6) is -0.343. The average Bonchev–Trinajstić information content (AvgIpc) is 3.57. The second kappa shape index (κ2) is 13.9. The molecule has 2 saturated heterocycles. The van der Waals surface area contributed by atoms with Crippen LogP contribution >= 0.6 is 11.3 Å². The Morgan fingerprint density at radius 2 is 1.87 bits per heavy atom. The average molecular weight is 584 g/mol. The van der Waals surface area contributed by atoms with Crippen molar-refractivity contribution in [3.63, 3.8) is 0 Å². The quantitative estimate of drug-likeness (QED) is 0.339. The van der Waals surface area contributed by atoms with Gasteiger partial charge < -0.3 is 25.5 Å². The third-order valence-electron chi connectivity index (χ3n) is 7.95. The number of sulfonamides is 1. The normalized spacial score (nSPS) is 23.0. The van der Waals surface area contributed by atoms with Crippen molar-refractivity contribution in [2.45, 2.75) is 82.5 Å². The molecule has 0 spiro atoms. The first-order valence-corrected chi connectivity index (χ1v) is 16.6. The van der Waals surface area contributed by atoms with E-state index in [4.69, 9.17) is 0 Å². The predicted octanol–water partition coefficient (Wildman–Crippen LogP) is 2.05. The Hall–Kier alpha value is -2.22. The lowest BCUT2D eigenvalue weighted by molar-refractivity contribution is -0.145. The molecule has 3 amide bonds. The lowest BCUT2D eigenvalue weighted by Gasteiger charge is -2.41. The fourth-order valence-corrected chi connectivity index (χ4v) is 7.97. The molecule has 13 heteroatoms. The summed E-state index contributed by atoms with van der Waals surface area (Å²) in [7, 11) is -3.15. The summed E-state index contributed by atoms with van der Waals surface area (Å²) < 4.78 is 25.8. The van der Waals surface area contributed by atoms with Gasteiger partial charge in [-0.3, -0.25) is 9.59 Å². The van der Waals surface area contributed by atoms with Crippen molar-refractivity contribution in [2.24, 2.45) is 0 Å². The van der Waals surface area contributed by atoms with E-state index in [-0.39, 0.29) is 43.2 Å². The first-order chi connectivity index (χ1) is 18.7. The second-order valence-corrected chi connectivity index (χ2v) is 13.8. The highest BCUT2D eigenvalue weighted by Gasteiger charge is 2.39.